The fraction of sp³-hybridized carbons (Fsp3) is 0.652. The summed E-state index contributed by atoms with van der Waals surface area (Å²) in [6, 6.07) is 5.67. The van der Waals surface area contributed by atoms with Gasteiger partial charge >= 0.3 is 0 Å². The second-order valence-corrected chi connectivity index (χ2v) is 11.2. The molecule has 8 nitrogen and oxygen atoms in total. The molecule has 0 radical (unpaired) electrons. The molecule has 2 heterocycles. The minimum absolute atomic E-state index is 0.173. The highest BCUT2D eigenvalue weighted by Crippen LogP contribution is 2.24. The quantitative estimate of drug-likeness (QED) is 0.571. The molecule has 2 aromatic rings. The third-order valence-electron chi connectivity index (χ3n) is 6.42. The number of nitrogens with zero attached hydrogens (tertiary/aromatic N) is 5. The predicted molar refractivity (Wildman–Crippen MR) is 127 cm³/mol. The van der Waals surface area contributed by atoms with Crippen LogP contribution in [-0.2, 0) is 27.8 Å². The Morgan fingerprint density at radius 2 is 1.84 bits per heavy atom. The van der Waals surface area contributed by atoms with Gasteiger partial charge in [0.2, 0.25) is 15.9 Å². The van der Waals surface area contributed by atoms with E-state index in [-0.39, 0.29) is 10.8 Å². The average molecular weight is 464 g/mol. The van der Waals surface area contributed by atoms with Crippen LogP contribution >= 0.6 is 0 Å². The van der Waals surface area contributed by atoms with Crippen LogP contribution in [0.15, 0.2) is 23.1 Å². The predicted octanol–water partition coefficient (Wildman–Crippen LogP) is 2.57. The van der Waals surface area contributed by atoms with E-state index in [1.807, 2.05) is 11.0 Å². The second-order valence-electron chi connectivity index (χ2n) is 9.05. The minimum atomic E-state index is -3.52. The highest BCUT2D eigenvalue weighted by atomic mass is 32.2. The third-order valence-corrected chi connectivity index (χ3v) is 8.23. The number of aromatic nitrogens is 2. The number of aryl methyl sites for hydroxylation is 2. The van der Waals surface area contributed by atoms with Crippen molar-refractivity contribution in [3.8, 4) is 0 Å². The zero-order chi connectivity index (χ0) is 23.5. The topological polar surface area (TPSA) is 78.8 Å². The summed E-state index contributed by atoms with van der Waals surface area (Å²) in [5.41, 5.74) is 1.59. The van der Waals surface area contributed by atoms with Crippen LogP contribution in [0.25, 0.3) is 11.0 Å². The van der Waals surface area contributed by atoms with Gasteiger partial charge in [0.05, 0.1) is 15.9 Å². The zero-order valence-corrected chi connectivity index (χ0v) is 20.9. The molecule has 0 aliphatic carbocycles. The second kappa shape index (κ2) is 10.3. The minimum Gasteiger partial charge on any atom is -0.343 e. The van der Waals surface area contributed by atoms with Gasteiger partial charge in [-0.25, -0.2) is 17.7 Å². The Morgan fingerprint density at radius 1 is 1.16 bits per heavy atom. The van der Waals surface area contributed by atoms with Gasteiger partial charge in [-0.2, -0.15) is 0 Å². The number of carbonyl (C=O) groups excluding carboxylic acids is 1. The van der Waals surface area contributed by atoms with Gasteiger partial charge in [-0.15, -0.1) is 0 Å². The normalized spacial score (nSPS) is 15.9. The number of likely N-dealkylation sites (tertiary alicyclic amines) is 1. The van der Waals surface area contributed by atoms with Crippen molar-refractivity contribution < 1.29 is 13.2 Å². The van der Waals surface area contributed by atoms with E-state index in [4.69, 9.17) is 4.98 Å². The lowest BCUT2D eigenvalue weighted by atomic mass is 10.0. The van der Waals surface area contributed by atoms with E-state index in [9.17, 15) is 13.2 Å². The van der Waals surface area contributed by atoms with Crippen LogP contribution in [0.2, 0.25) is 0 Å². The first-order chi connectivity index (χ1) is 15.1. The van der Waals surface area contributed by atoms with E-state index in [1.165, 1.54) is 18.4 Å². The van der Waals surface area contributed by atoms with Crippen LogP contribution in [0.4, 0.5) is 0 Å². The monoisotopic (exact) mass is 463 g/mol. The highest BCUT2D eigenvalue weighted by Gasteiger charge is 2.24. The number of rotatable bonds is 9. The fourth-order valence-electron chi connectivity index (χ4n) is 4.30. The molecule has 0 atom stereocenters. The maximum absolute atomic E-state index is 12.8. The van der Waals surface area contributed by atoms with Crippen molar-refractivity contribution in [3.63, 3.8) is 0 Å². The van der Waals surface area contributed by atoms with Crippen LogP contribution < -0.4 is 0 Å². The molecule has 0 unspecified atom stereocenters. The Kier molecular flexibility index (Phi) is 7.95. The van der Waals surface area contributed by atoms with E-state index in [2.05, 4.69) is 30.5 Å². The van der Waals surface area contributed by atoms with Gasteiger partial charge in [0.25, 0.3) is 0 Å². The molecule has 32 heavy (non-hydrogen) atoms. The first-order valence-electron chi connectivity index (χ1n) is 11.5. The summed E-state index contributed by atoms with van der Waals surface area (Å²) < 4.78 is 28.4. The molecule has 178 valence electrons. The van der Waals surface area contributed by atoms with Crippen LogP contribution in [0.3, 0.4) is 0 Å². The molecule has 1 aromatic heterocycles. The Labute approximate surface area is 192 Å². The lowest BCUT2D eigenvalue weighted by molar-refractivity contribution is -0.132. The Bertz CT molecular complexity index is 1040. The zero-order valence-electron chi connectivity index (χ0n) is 20.0. The van der Waals surface area contributed by atoms with Crippen molar-refractivity contribution in [1.82, 2.24) is 23.7 Å². The molecular weight excluding hydrogens is 426 g/mol. The van der Waals surface area contributed by atoms with Gasteiger partial charge in [0.1, 0.15) is 5.82 Å². The summed E-state index contributed by atoms with van der Waals surface area (Å²) in [5, 5.41) is 0. The van der Waals surface area contributed by atoms with Gasteiger partial charge in [-0.05, 0) is 51.6 Å². The molecule has 3 rings (SSSR count). The van der Waals surface area contributed by atoms with Crippen molar-refractivity contribution in [2.45, 2.75) is 62.9 Å². The summed E-state index contributed by atoms with van der Waals surface area (Å²) in [6.45, 7) is 4.56. The van der Waals surface area contributed by atoms with Crippen molar-refractivity contribution in [3.05, 3.63) is 24.0 Å². The Hall–Kier alpha value is -1.97. The molecule has 1 saturated heterocycles. The molecule has 1 aromatic carbocycles. The molecular formula is C23H37N5O3S. The largest absolute Gasteiger partial charge is 0.343 e. The van der Waals surface area contributed by atoms with Crippen molar-refractivity contribution in [2.75, 3.05) is 41.3 Å². The number of sulfonamides is 1. The summed E-state index contributed by atoms with van der Waals surface area (Å²) in [6.07, 6.45) is 5.05. The maximum atomic E-state index is 12.8. The lowest BCUT2D eigenvalue weighted by Gasteiger charge is -2.35. The van der Waals surface area contributed by atoms with E-state index in [0.29, 0.717) is 24.4 Å². The summed E-state index contributed by atoms with van der Waals surface area (Å²) in [5.74, 6) is 1.02. The molecule has 1 aliphatic rings. The van der Waals surface area contributed by atoms with Crippen LogP contribution in [0, 0.1) is 0 Å². The fourth-order valence-corrected chi connectivity index (χ4v) is 5.22. The summed E-state index contributed by atoms with van der Waals surface area (Å²) in [7, 11) is 3.72. The number of hydrogen-bond donors (Lipinski definition) is 0. The van der Waals surface area contributed by atoms with E-state index in [0.717, 1.165) is 56.7 Å². The molecule has 1 fully saturated rings. The van der Waals surface area contributed by atoms with Crippen LogP contribution in [0.5, 0.6) is 0 Å². The van der Waals surface area contributed by atoms with Gasteiger partial charge in [-0.3, -0.25) is 4.79 Å². The number of imidazole rings is 1. The Balaban J connectivity index is 1.78. The number of amides is 1. The van der Waals surface area contributed by atoms with E-state index in [1.54, 1.807) is 12.1 Å². The lowest BCUT2D eigenvalue weighted by Crippen LogP contribution is -2.44. The molecule has 0 saturated carbocycles. The number of benzene rings is 1. The molecule has 0 bridgehead atoms. The van der Waals surface area contributed by atoms with Gasteiger partial charge in [0, 0.05) is 52.6 Å². The smallest absolute Gasteiger partial charge is 0.242 e. The third kappa shape index (κ3) is 5.32. The number of unbranched alkanes of at least 4 members (excludes halogenated alkanes) is 1. The average Bonchev–Trinajstić information content (AvgIpc) is 3.12. The van der Waals surface area contributed by atoms with Crippen LogP contribution in [0.1, 0.15) is 44.9 Å². The van der Waals surface area contributed by atoms with Gasteiger partial charge in [-0.1, -0.05) is 13.3 Å². The molecule has 9 heteroatoms. The van der Waals surface area contributed by atoms with Crippen molar-refractivity contribution >= 4 is 27.0 Å². The molecule has 1 aliphatic heterocycles. The van der Waals surface area contributed by atoms with Gasteiger partial charge in [0.15, 0.2) is 0 Å². The highest BCUT2D eigenvalue weighted by molar-refractivity contribution is 7.89. The van der Waals surface area contributed by atoms with Crippen LogP contribution in [-0.4, -0.2) is 85.3 Å². The first-order valence-corrected chi connectivity index (χ1v) is 12.9. The SMILES string of the molecule is CCCCn1c(CCC(=O)N2CCC(N(C)C)CC2)nc2cc(S(=O)(=O)N(C)C)ccc21. The Morgan fingerprint density at radius 3 is 2.44 bits per heavy atom. The number of hydrogen-bond acceptors (Lipinski definition) is 5. The number of carbonyl (C=O) groups is 1. The first kappa shape index (κ1) is 24.7. The van der Waals surface area contributed by atoms with Crippen molar-refractivity contribution in [2.24, 2.45) is 0 Å². The van der Waals surface area contributed by atoms with E-state index < -0.39 is 10.0 Å². The van der Waals surface area contributed by atoms with Crippen molar-refractivity contribution in [1.29, 1.82) is 0 Å². The van der Waals surface area contributed by atoms with E-state index >= 15 is 0 Å². The van der Waals surface area contributed by atoms with Gasteiger partial charge < -0.3 is 14.4 Å². The maximum Gasteiger partial charge on any atom is 0.242 e. The molecule has 0 N–H and O–H groups in total. The molecule has 1 amide bonds. The molecule has 0 spiro atoms. The summed E-state index contributed by atoms with van der Waals surface area (Å²) >= 11 is 0. The standard InChI is InChI=1S/C23H37N5O3S/c1-6-7-14-28-21-9-8-19(32(30,31)26(4)5)17-20(21)24-22(28)10-11-23(29)27-15-12-18(13-16-27)25(2)3/h8-9,17-18H,6-7,10-16H2,1-5H3. The summed E-state index contributed by atoms with van der Waals surface area (Å²) in [4.78, 5) is 22.0. The number of piperidine rings is 1. The number of fused-ring (bicyclic) bond motifs is 1.